The number of aromatic nitrogens is 1. The van der Waals surface area contributed by atoms with Crippen molar-refractivity contribution in [2.45, 2.75) is 32.7 Å². The van der Waals surface area contributed by atoms with E-state index in [9.17, 15) is 4.39 Å². The molecule has 0 amide bonds. The summed E-state index contributed by atoms with van der Waals surface area (Å²) in [6, 6.07) is 5.73. The van der Waals surface area contributed by atoms with Crippen LogP contribution in [-0.2, 0) is 6.42 Å². The number of hydrogen-bond acceptors (Lipinski definition) is 1. The summed E-state index contributed by atoms with van der Waals surface area (Å²) in [7, 11) is 2.15. The van der Waals surface area contributed by atoms with Gasteiger partial charge < -0.3 is 9.30 Å². The first kappa shape index (κ1) is 13.1. The quantitative estimate of drug-likeness (QED) is 0.787. The third-order valence-electron chi connectivity index (χ3n) is 3.76. The molecule has 2 aromatic heterocycles. The number of nitrogens with zero attached hydrogens (tertiary/aromatic N) is 2. The molecule has 0 aliphatic heterocycles. The molecule has 0 N–H and O–H groups in total. The first-order chi connectivity index (χ1) is 8.65. The minimum Gasteiger partial charge on any atom is -0.323 e. The molecule has 2 rings (SSSR count). The molecule has 1 unspecified atom stereocenters. The van der Waals surface area contributed by atoms with Crippen molar-refractivity contribution in [1.29, 1.82) is 0 Å². The van der Waals surface area contributed by atoms with E-state index in [2.05, 4.69) is 31.9 Å². The summed E-state index contributed by atoms with van der Waals surface area (Å²) in [6.07, 6.45) is 5.86. The molecule has 0 bridgehead atoms. The maximum atomic E-state index is 13.3. The Bertz CT molecular complexity index is 518. The molecule has 18 heavy (non-hydrogen) atoms. The molecule has 0 aliphatic carbocycles. The predicted molar refractivity (Wildman–Crippen MR) is 73.4 cm³/mol. The van der Waals surface area contributed by atoms with Gasteiger partial charge in [-0.3, -0.25) is 0 Å². The van der Waals surface area contributed by atoms with E-state index in [-0.39, 0.29) is 5.82 Å². The molecule has 0 fully saturated rings. The number of halogens is 1. The second-order valence-electron chi connectivity index (χ2n) is 4.82. The fourth-order valence-electron chi connectivity index (χ4n) is 2.43. The molecule has 0 spiro atoms. The second kappa shape index (κ2) is 5.53. The highest BCUT2D eigenvalue weighted by Gasteiger charge is 2.14. The fraction of sp³-hybridized carbons (Fsp3) is 0.467. The van der Waals surface area contributed by atoms with E-state index in [1.54, 1.807) is 12.3 Å². The molecule has 1 atom stereocenters. The average molecular weight is 248 g/mol. The lowest BCUT2D eigenvalue weighted by molar-refractivity contribution is 0.246. The molecule has 0 aromatic carbocycles. The van der Waals surface area contributed by atoms with Gasteiger partial charge in [-0.25, -0.2) is 4.39 Å². The van der Waals surface area contributed by atoms with Gasteiger partial charge in [0.15, 0.2) is 0 Å². The minimum absolute atomic E-state index is 0.167. The first-order valence-electron chi connectivity index (χ1n) is 6.61. The van der Waals surface area contributed by atoms with Crippen LogP contribution in [-0.4, -0.2) is 28.9 Å². The summed E-state index contributed by atoms with van der Waals surface area (Å²) in [4.78, 5) is 2.35. The van der Waals surface area contributed by atoms with Gasteiger partial charge in [0.1, 0.15) is 5.82 Å². The van der Waals surface area contributed by atoms with Crippen LogP contribution >= 0.6 is 0 Å². The number of fused-ring (bicyclic) bond motifs is 1. The molecule has 2 nitrogen and oxygen atoms in total. The zero-order valence-electron chi connectivity index (χ0n) is 11.4. The van der Waals surface area contributed by atoms with Crippen LogP contribution in [0.2, 0.25) is 0 Å². The monoisotopic (exact) mass is 248 g/mol. The number of likely N-dealkylation sites (N-methyl/N-ethyl adjacent to an activating group) is 1. The van der Waals surface area contributed by atoms with Gasteiger partial charge >= 0.3 is 0 Å². The van der Waals surface area contributed by atoms with Crippen LogP contribution in [0.5, 0.6) is 0 Å². The van der Waals surface area contributed by atoms with Crippen LogP contribution in [0.15, 0.2) is 30.6 Å². The van der Waals surface area contributed by atoms with Gasteiger partial charge in [0.25, 0.3) is 0 Å². The van der Waals surface area contributed by atoms with Crippen molar-refractivity contribution in [2.24, 2.45) is 0 Å². The summed E-state index contributed by atoms with van der Waals surface area (Å²) in [5, 5.41) is 0. The topological polar surface area (TPSA) is 7.65 Å². The molecule has 2 heterocycles. The highest BCUT2D eigenvalue weighted by atomic mass is 19.1. The molecule has 3 heteroatoms. The first-order valence-corrected chi connectivity index (χ1v) is 6.61. The normalized spacial score (nSPS) is 13.4. The molecule has 0 saturated carbocycles. The van der Waals surface area contributed by atoms with Crippen LogP contribution in [0.4, 0.5) is 4.39 Å². The largest absolute Gasteiger partial charge is 0.323 e. The lowest BCUT2D eigenvalue weighted by Crippen LogP contribution is -2.32. The number of rotatable bonds is 5. The maximum Gasteiger partial charge on any atom is 0.126 e. The third kappa shape index (κ3) is 2.56. The molecule has 98 valence electrons. The van der Waals surface area contributed by atoms with Crippen LogP contribution < -0.4 is 0 Å². The van der Waals surface area contributed by atoms with Gasteiger partial charge in [0.05, 0.1) is 5.52 Å². The lowest BCUT2D eigenvalue weighted by Gasteiger charge is -2.25. The predicted octanol–water partition coefficient (Wildman–Crippen LogP) is 3.35. The molecular weight excluding hydrogens is 227 g/mol. The van der Waals surface area contributed by atoms with Crippen molar-refractivity contribution in [3.63, 3.8) is 0 Å². The molecule has 0 saturated heterocycles. The Labute approximate surface area is 108 Å². The van der Waals surface area contributed by atoms with Crippen molar-refractivity contribution in [1.82, 2.24) is 9.30 Å². The summed E-state index contributed by atoms with van der Waals surface area (Å²) in [5.74, 6) is -0.167. The second-order valence-corrected chi connectivity index (χ2v) is 4.82. The smallest absolute Gasteiger partial charge is 0.126 e. The van der Waals surface area contributed by atoms with E-state index >= 15 is 0 Å². The molecule has 0 radical (unpaired) electrons. The standard InChI is InChI=1S/C15H21FN2/c1-4-14(17(3)5-2)10-12-6-8-18-9-7-13(16)11-15(12)18/h6-9,11,14H,4-5,10H2,1-3H3. The number of hydrogen-bond donors (Lipinski definition) is 0. The van der Waals surface area contributed by atoms with E-state index in [0.717, 1.165) is 24.9 Å². The number of pyridine rings is 1. The lowest BCUT2D eigenvalue weighted by atomic mass is 10.0. The molecular formula is C15H21FN2. The highest BCUT2D eigenvalue weighted by molar-refractivity contribution is 5.56. The van der Waals surface area contributed by atoms with Crippen molar-refractivity contribution >= 4 is 5.52 Å². The van der Waals surface area contributed by atoms with Crippen LogP contribution in [0.25, 0.3) is 5.52 Å². The van der Waals surface area contributed by atoms with Crippen LogP contribution in [0, 0.1) is 5.82 Å². The van der Waals surface area contributed by atoms with Gasteiger partial charge in [-0.05, 0) is 50.2 Å². The van der Waals surface area contributed by atoms with Gasteiger partial charge in [-0.1, -0.05) is 13.8 Å². The van der Waals surface area contributed by atoms with E-state index in [1.807, 2.05) is 10.6 Å². The fourth-order valence-corrected chi connectivity index (χ4v) is 2.43. The van der Waals surface area contributed by atoms with Gasteiger partial charge in [0, 0.05) is 18.4 Å². The van der Waals surface area contributed by atoms with Crippen molar-refractivity contribution in [3.8, 4) is 0 Å². The Hall–Kier alpha value is -1.35. The van der Waals surface area contributed by atoms with Crippen LogP contribution in [0.1, 0.15) is 25.8 Å². The van der Waals surface area contributed by atoms with Crippen LogP contribution in [0.3, 0.4) is 0 Å². The summed E-state index contributed by atoms with van der Waals surface area (Å²) in [6.45, 7) is 5.41. The van der Waals surface area contributed by atoms with E-state index in [4.69, 9.17) is 0 Å². The Kier molecular flexibility index (Phi) is 4.02. The molecule has 0 aliphatic rings. The zero-order chi connectivity index (χ0) is 13.1. The Balaban J connectivity index is 2.28. The average Bonchev–Trinajstić information content (AvgIpc) is 2.77. The summed E-state index contributed by atoms with van der Waals surface area (Å²) in [5.41, 5.74) is 2.21. The van der Waals surface area contributed by atoms with Gasteiger partial charge in [-0.2, -0.15) is 0 Å². The van der Waals surface area contributed by atoms with E-state index in [1.165, 1.54) is 11.6 Å². The summed E-state index contributed by atoms with van der Waals surface area (Å²) >= 11 is 0. The summed E-state index contributed by atoms with van der Waals surface area (Å²) < 4.78 is 15.3. The van der Waals surface area contributed by atoms with Crippen molar-refractivity contribution < 1.29 is 4.39 Å². The molecule has 2 aromatic rings. The maximum absolute atomic E-state index is 13.3. The van der Waals surface area contributed by atoms with Crippen molar-refractivity contribution in [3.05, 3.63) is 42.0 Å². The Morgan fingerprint density at radius 1 is 1.28 bits per heavy atom. The van der Waals surface area contributed by atoms with E-state index in [0.29, 0.717) is 6.04 Å². The van der Waals surface area contributed by atoms with Gasteiger partial charge in [-0.15, -0.1) is 0 Å². The van der Waals surface area contributed by atoms with Crippen molar-refractivity contribution in [2.75, 3.05) is 13.6 Å². The zero-order valence-corrected chi connectivity index (χ0v) is 11.4. The Morgan fingerprint density at radius 2 is 2.00 bits per heavy atom. The minimum atomic E-state index is -0.167. The van der Waals surface area contributed by atoms with Gasteiger partial charge in [0.2, 0.25) is 0 Å². The van der Waals surface area contributed by atoms with E-state index < -0.39 is 0 Å². The third-order valence-corrected chi connectivity index (χ3v) is 3.76. The SMILES string of the molecule is CCC(Cc1ccn2ccc(F)cc12)N(C)CC. The Morgan fingerprint density at radius 3 is 2.67 bits per heavy atom. The highest BCUT2D eigenvalue weighted by Crippen LogP contribution is 2.18.